The van der Waals surface area contributed by atoms with Crippen LogP contribution in [0.4, 0.5) is 0 Å². The lowest BCUT2D eigenvalue weighted by Crippen LogP contribution is -2.47. The van der Waals surface area contributed by atoms with Crippen molar-refractivity contribution in [3.8, 4) is 23.2 Å². The summed E-state index contributed by atoms with van der Waals surface area (Å²) in [4.78, 5) is 4.56. The largest absolute Gasteiger partial charge is 0.350 e. The van der Waals surface area contributed by atoms with E-state index in [2.05, 4.69) is 33.2 Å². The Bertz CT molecular complexity index is 892. The lowest BCUT2D eigenvalue weighted by molar-refractivity contribution is -0.250. The third-order valence-corrected chi connectivity index (χ3v) is 5.76. The number of aromatic nitrogens is 4. The Labute approximate surface area is 159 Å². The van der Waals surface area contributed by atoms with Crippen LogP contribution in [0.3, 0.4) is 0 Å². The zero-order valence-corrected chi connectivity index (χ0v) is 15.6. The normalized spacial score (nSPS) is 21.5. The second kappa shape index (κ2) is 6.74. The minimum absolute atomic E-state index is 0.250. The van der Waals surface area contributed by atoms with Crippen LogP contribution in [0, 0.1) is 30.1 Å². The molecule has 3 heterocycles. The van der Waals surface area contributed by atoms with E-state index in [1.165, 1.54) is 32.1 Å². The summed E-state index contributed by atoms with van der Waals surface area (Å²) < 4.78 is 13.6. The SMILES string of the molecule is Cc1cc(C#CC2CC2)cnc1-c1cn(CC2OCC3(CCC3)CO2)nn1. The maximum atomic E-state index is 5.90. The molecule has 2 saturated carbocycles. The van der Waals surface area contributed by atoms with Crippen LogP contribution in [-0.4, -0.2) is 39.5 Å². The zero-order valence-electron chi connectivity index (χ0n) is 15.6. The molecule has 1 saturated heterocycles. The van der Waals surface area contributed by atoms with E-state index in [4.69, 9.17) is 9.47 Å². The van der Waals surface area contributed by atoms with E-state index < -0.39 is 0 Å². The van der Waals surface area contributed by atoms with E-state index >= 15 is 0 Å². The molecule has 0 radical (unpaired) electrons. The van der Waals surface area contributed by atoms with Crippen LogP contribution < -0.4 is 0 Å². The van der Waals surface area contributed by atoms with Gasteiger partial charge < -0.3 is 9.47 Å². The van der Waals surface area contributed by atoms with Gasteiger partial charge in [-0.15, -0.1) is 5.10 Å². The Hall–Kier alpha value is -2.23. The molecule has 2 aromatic rings. The lowest BCUT2D eigenvalue weighted by Gasteiger charge is -2.46. The fourth-order valence-electron chi connectivity index (χ4n) is 3.67. The van der Waals surface area contributed by atoms with Crippen molar-refractivity contribution in [2.45, 2.75) is 51.9 Å². The molecule has 0 amide bonds. The predicted octanol–water partition coefficient (Wildman–Crippen LogP) is 2.95. The summed E-state index contributed by atoms with van der Waals surface area (Å²) in [5.41, 5.74) is 3.92. The summed E-state index contributed by atoms with van der Waals surface area (Å²) in [6.45, 7) is 4.18. The van der Waals surface area contributed by atoms with Crippen molar-refractivity contribution in [3.63, 3.8) is 0 Å². The summed E-state index contributed by atoms with van der Waals surface area (Å²) in [5.74, 6) is 7.08. The number of pyridine rings is 1. The van der Waals surface area contributed by atoms with E-state index in [9.17, 15) is 0 Å². The number of hydrogen-bond acceptors (Lipinski definition) is 5. The van der Waals surface area contributed by atoms with Crippen LogP contribution in [0.15, 0.2) is 18.5 Å². The van der Waals surface area contributed by atoms with Gasteiger partial charge in [0.05, 0.1) is 31.6 Å². The van der Waals surface area contributed by atoms with E-state index in [1.54, 1.807) is 4.68 Å². The predicted molar refractivity (Wildman–Crippen MR) is 99.6 cm³/mol. The molecule has 0 unspecified atom stereocenters. The van der Waals surface area contributed by atoms with Crippen LogP contribution in [0.5, 0.6) is 0 Å². The smallest absolute Gasteiger partial charge is 0.177 e. The van der Waals surface area contributed by atoms with E-state index in [0.717, 1.165) is 35.7 Å². The van der Waals surface area contributed by atoms with Gasteiger partial charge in [0.15, 0.2) is 6.29 Å². The minimum atomic E-state index is -0.250. The summed E-state index contributed by atoms with van der Waals surface area (Å²) in [7, 11) is 0. The third-order valence-electron chi connectivity index (χ3n) is 5.76. The van der Waals surface area contributed by atoms with E-state index in [0.29, 0.717) is 12.5 Å². The van der Waals surface area contributed by atoms with Gasteiger partial charge in [-0.3, -0.25) is 4.98 Å². The number of aryl methyl sites for hydroxylation is 1. The van der Waals surface area contributed by atoms with Gasteiger partial charge in [-0.1, -0.05) is 23.5 Å². The average molecular weight is 364 g/mol. The number of hydrogen-bond donors (Lipinski definition) is 0. The van der Waals surface area contributed by atoms with Crippen LogP contribution in [0.25, 0.3) is 11.4 Å². The molecule has 140 valence electrons. The topological polar surface area (TPSA) is 62.1 Å². The van der Waals surface area contributed by atoms with Gasteiger partial charge in [0.25, 0.3) is 0 Å². The Morgan fingerprint density at radius 3 is 2.74 bits per heavy atom. The quantitative estimate of drug-likeness (QED) is 0.784. The molecule has 27 heavy (non-hydrogen) atoms. The van der Waals surface area contributed by atoms with Gasteiger partial charge in [-0.2, -0.15) is 0 Å². The molecule has 0 bridgehead atoms. The van der Waals surface area contributed by atoms with Gasteiger partial charge in [0.2, 0.25) is 0 Å². The fraction of sp³-hybridized carbons (Fsp3) is 0.571. The molecular weight excluding hydrogens is 340 g/mol. The van der Waals surface area contributed by atoms with Crippen LogP contribution >= 0.6 is 0 Å². The first kappa shape index (κ1) is 16.9. The molecule has 6 heteroatoms. The van der Waals surface area contributed by atoms with Crippen molar-refractivity contribution in [1.82, 2.24) is 20.0 Å². The first-order valence-electron chi connectivity index (χ1n) is 9.81. The zero-order chi connectivity index (χ0) is 18.3. The molecule has 1 aliphatic heterocycles. The van der Waals surface area contributed by atoms with Gasteiger partial charge in [0, 0.05) is 23.1 Å². The van der Waals surface area contributed by atoms with Crippen molar-refractivity contribution >= 4 is 0 Å². The van der Waals surface area contributed by atoms with Crippen LogP contribution in [0.2, 0.25) is 0 Å². The average Bonchev–Trinajstić information content (AvgIpc) is 3.37. The highest BCUT2D eigenvalue weighted by Crippen LogP contribution is 2.43. The highest BCUT2D eigenvalue weighted by Gasteiger charge is 2.42. The van der Waals surface area contributed by atoms with Gasteiger partial charge in [0.1, 0.15) is 5.69 Å². The van der Waals surface area contributed by atoms with Crippen molar-refractivity contribution in [2.75, 3.05) is 13.2 Å². The van der Waals surface area contributed by atoms with E-state index in [-0.39, 0.29) is 11.7 Å². The molecule has 0 N–H and O–H groups in total. The standard InChI is InChI=1S/C21H24N4O2/c1-15-9-17(6-5-16-3-4-16)10-22-20(15)18-11-25(24-23-18)12-19-26-13-21(14-27-19)7-2-8-21/h9-11,16,19H,2-4,7-8,12-14H2,1H3. The molecular formula is C21H24N4O2. The molecule has 2 aliphatic carbocycles. The van der Waals surface area contributed by atoms with Crippen molar-refractivity contribution in [3.05, 3.63) is 29.6 Å². The number of rotatable bonds is 3. The molecule has 2 aromatic heterocycles. The second-order valence-corrected chi connectivity index (χ2v) is 8.16. The second-order valence-electron chi connectivity index (χ2n) is 8.16. The first-order valence-corrected chi connectivity index (χ1v) is 9.81. The Balaban J connectivity index is 1.24. The molecule has 0 atom stereocenters. The summed E-state index contributed by atoms with van der Waals surface area (Å²) in [6, 6.07) is 2.07. The summed E-state index contributed by atoms with van der Waals surface area (Å²) >= 11 is 0. The van der Waals surface area contributed by atoms with Crippen LogP contribution in [-0.2, 0) is 16.0 Å². The lowest BCUT2D eigenvalue weighted by atomic mass is 9.70. The highest BCUT2D eigenvalue weighted by molar-refractivity contribution is 5.58. The highest BCUT2D eigenvalue weighted by atomic mass is 16.7. The molecule has 6 nitrogen and oxygen atoms in total. The molecule has 0 aromatic carbocycles. The molecule has 3 aliphatic rings. The molecule has 5 rings (SSSR count). The number of nitrogens with zero attached hydrogens (tertiary/aromatic N) is 4. The fourth-order valence-corrected chi connectivity index (χ4v) is 3.67. The monoisotopic (exact) mass is 364 g/mol. The van der Waals surface area contributed by atoms with Crippen LogP contribution in [0.1, 0.15) is 43.2 Å². The van der Waals surface area contributed by atoms with Gasteiger partial charge in [-0.25, -0.2) is 4.68 Å². The minimum Gasteiger partial charge on any atom is -0.350 e. The first-order chi connectivity index (χ1) is 13.2. The van der Waals surface area contributed by atoms with Crippen molar-refractivity contribution in [1.29, 1.82) is 0 Å². The van der Waals surface area contributed by atoms with Gasteiger partial charge >= 0.3 is 0 Å². The Morgan fingerprint density at radius 1 is 1.26 bits per heavy atom. The Kier molecular flexibility index (Phi) is 4.22. The summed E-state index contributed by atoms with van der Waals surface area (Å²) in [5, 5.41) is 8.51. The van der Waals surface area contributed by atoms with Gasteiger partial charge in [-0.05, 0) is 44.2 Å². The molecule has 3 fully saturated rings. The Morgan fingerprint density at radius 2 is 2.07 bits per heavy atom. The molecule has 1 spiro atoms. The maximum Gasteiger partial charge on any atom is 0.177 e. The summed E-state index contributed by atoms with van der Waals surface area (Å²) in [6.07, 6.45) is 9.68. The van der Waals surface area contributed by atoms with Crippen molar-refractivity contribution < 1.29 is 9.47 Å². The maximum absolute atomic E-state index is 5.90. The van der Waals surface area contributed by atoms with Crippen molar-refractivity contribution in [2.24, 2.45) is 11.3 Å². The number of ether oxygens (including phenoxy) is 2. The third kappa shape index (κ3) is 3.62. The van der Waals surface area contributed by atoms with E-state index in [1.807, 2.05) is 19.3 Å².